The second-order valence-corrected chi connectivity index (χ2v) is 7.67. The highest BCUT2D eigenvalue weighted by Crippen LogP contribution is 2.26. The number of carbonyl (C=O) groups excluding carboxylic acids is 1. The number of amidine groups is 1. The summed E-state index contributed by atoms with van der Waals surface area (Å²) in [5.74, 6) is 0.623. The topological polar surface area (TPSA) is 41.9 Å². The molecule has 0 fully saturated rings. The van der Waals surface area contributed by atoms with Crippen molar-refractivity contribution in [2.45, 2.75) is 6.42 Å². The number of ether oxygens (including phenoxy) is 1. The summed E-state index contributed by atoms with van der Waals surface area (Å²) in [6, 6.07) is 11.7. The lowest BCUT2D eigenvalue weighted by Gasteiger charge is -2.27. The van der Waals surface area contributed by atoms with Crippen LogP contribution in [0.1, 0.15) is 16.8 Å². The van der Waals surface area contributed by atoms with Crippen molar-refractivity contribution in [1.29, 1.82) is 0 Å². The van der Waals surface area contributed by atoms with Gasteiger partial charge in [-0.05, 0) is 42.8 Å². The van der Waals surface area contributed by atoms with Crippen LogP contribution in [0.3, 0.4) is 0 Å². The smallest absolute Gasteiger partial charge is 0.186 e. The van der Waals surface area contributed by atoms with Crippen LogP contribution in [-0.4, -0.2) is 36.9 Å². The Morgan fingerprint density at radius 2 is 2.08 bits per heavy atom. The number of anilines is 1. The number of rotatable bonds is 5. The minimum Gasteiger partial charge on any atom is -0.496 e. The van der Waals surface area contributed by atoms with Crippen molar-refractivity contribution in [3.63, 3.8) is 0 Å². The molecule has 0 unspecified atom stereocenters. The van der Waals surface area contributed by atoms with E-state index < -0.39 is 5.82 Å². The van der Waals surface area contributed by atoms with Crippen LogP contribution in [0.5, 0.6) is 5.75 Å². The summed E-state index contributed by atoms with van der Waals surface area (Å²) in [5, 5.41) is 0.827. The first-order chi connectivity index (χ1) is 12.6. The van der Waals surface area contributed by atoms with Crippen LogP contribution < -0.4 is 9.64 Å². The molecule has 7 heteroatoms. The lowest BCUT2D eigenvalue weighted by atomic mass is 10.1. The van der Waals surface area contributed by atoms with Gasteiger partial charge < -0.3 is 9.64 Å². The Morgan fingerprint density at radius 3 is 2.73 bits per heavy atom. The molecule has 0 saturated heterocycles. The summed E-state index contributed by atoms with van der Waals surface area (Å²) >= 11 is 5.07. The van der Waals surface area contributed by atoms with E-state index in [1.807, 2.05) is 29.2 Å². The van der Waals surface area contributed by atoms with Gasteiger partial charge in [0.15, 0.2) is 11.0 Å². The number of thioether (sulfide) groups is 1. The average molecular weight is 437 g/mol. The Bertz CT molecular complexity index is 827. The third-order valence-corrected chi connectivity index (χ3v) is 5.54. The van der Waals surface area contributed by atoms with E-state index in [2.05, 4.69) is 20.9 Å². The maximum Gasteiger partial charge on any atom is 0.186 e. The molecular formula is C19H18BrFN2O2S. The largest absolute Gasteiger partial charge is 0.496 e. The van der Waals surface area contributed by atoms with Crippen molar-refractivity contribution < 1.29 is 13.9 Å². The molecule has 0 atom stereocenters. The monoisotopic (exact) mass is 436 g/mol. The van der Waals surface area contributed by atoms with Gasteiger partial charge in [-0.1, -0.05) is 27.7 Å². The van der Waals surface area contributed by atoms with Gasteiger partial charge in [-0.25, -0.2) is 4.39 Å². The zero-order valence-electron chi connectivity index (χ0n) is 14.2. The van der Waals surface area contributed by atoms with Crippen molar-refractivity contribution in [1.82, 2.24) is 0 Å². The normalized spacial score (nSPS) is 13.9. The molecule has 1 aliphatic rings. The minimum absolute atomic E-state index is 0.107. The molecule has 0 amide bonds. The number of nitrogens with zero attached hydrogens (tertiary/aromatic N) is 2. The molecule has 3 rings (SSSR count). The van der Waals surface area contributed by atoms with E-state index in [1.54, 1.807) is 11.8 Å². The van der Waals surface area contributed by atoms with Gasteiger partial charge in [0.2, 0.25) is 0 Å². The molecule has 0 aliphatic carbocycles. The van der Waals surface area contributed by atoms with Crippen molar-refractivity contribution in [3.05, 3.63) is 58.3 Å². The van der Waals surface area contributed by atoms with Crippen LogP contribution in [-0.2, 0) is 0 Å². The Labute approximate surface area is 164 Å². The van der Waals surface area contributed by atoms with Gasteiger partial charge in [0.05, 0.1) is 19.2 Å². The van der Waals surface area contributed by atoms with Crippen LogP contribution in [0.2, 0.25) is 0 Å². The summed E-state index contributed by atoms with van der Waals surface area (Å²) in [4.78, 5) is 19.4. The van der Waals surface area contributed by atoms with E-state index >= 15 is 0 Å². The fourth-order valence-corrected chi connectivity index (χ4v) is 3.85. The lowest BCUT2D eigenvalue weighted by Crippen LogP contribution is -2.35. The van der Waals surface area contributed by atoms with Gasteiger partial charge in [-0.3, -0.25) is 9.79 Å². The number of benzene rings is 2. The molecule has 2 aromatic rings. The summed E-state index contributed by atoms with van der Waals surface area (Å²) in [5.41, 5.74) is 1.24. The van der Waals surface area contributed by atoms with Crippen LogP contribution in [0.25, 0.3) is 0 Å². The van der Waals surface area contributed by atoms with E-state index in [4.69, 9.17) is 4.74 Å². The number of hydrogen-bond donors (Lipinski definition) is 0. The van der Waals surface area contributed by atoms with E-state index in [1.165, 1.54) is 25.3 Å². The summed E-state index contributed by atoms with van der Waals surface area (Å²) < 4.78 is 19.6. The number of halogens is 2. The van der Waals surface area contributed by atoms with E-state index in [0.29, 0.717) is 5.56 Å². The third kappa shape index (κ3) is 4.45. The molecule has 2 aromatic carbocycles. The first-order valence-electron chi connectivity index (χ1n) is 8.15. The number of Topliss-reactive ketones (excluding diaryl/α,β-unsaturated/α-hetero) is 1. The predicted octanol–water partition coefficient (Wildman–Crippen LogP) is 4.78. The molecule has 0 saturated carbocycles. The fraction of sp³-hybridized carbons (Fsp3) is 0.263. The first-order valence-corrected chi connectivity index (χ1v) is 9.93. The molecule has 4 nitrogen and oxygen atoms in total. The number of hydrogen-bond acceptors (Lipinski definition) is 5. The maximum atomic E-state index is 13.4. The Hall–Kier alpha value is -1.86. The molecular weight excluding hydrogens is 419 g/mol. The van der Waals surface area contributed by atoms with E-state index in [-0.39, 0.29) is 18.1 Å². The zero-order chi connectivity index (χ0) is 18.5. The van der Waals surface area contributed by atoms with Crippen molar-refractivity contribution >= 4 is 44.3 Å². The van der Waals surface area contributed by atoms with Gasteiger partial charge >= 0.3 is 0 Å². The number of methoxy groups -OCH3 is 1. The highest BCUT2D eigenvalue weighted by Gasteiger charge is 2.22. The molecule has 1 heterocycles. The molecule has 1 aliphatic heterocycles. The molecule has 0 aromatic heterocycles. The minimum atomic E-state index is -0.435. The lowest BCUT2D eigenvalue weighted by molar-refractivity contribution is 0.0999. The van der Waals surface area contributed by atoms with E-state index in [0.717, 1.165) is 34.0 Å². The van der Waals surface area contributed by atoms with E-state index in [9.17, 15) is 9.18 Å². The van der Waals surface area contributed by atoms with Crippen LogP contribution in [0.15, 0.2) is 51.9 Å². The van der Waals surface area contributed by atoms with Crippen LogP contribution in [0, 0.1) is 5.82 Å². The summed E-state index contributed by atoms with van der Waals surface area (Å²) in [6.07, 6.45) is 1.03. The molecule has 26 heavy (non-hydrogen) atoms. The number of carbonyl (C=O) groups is 1. The van der Waals surface area contributed by atoms with Crippen LogP contribution in [0.4, 0.5) is 10.1 Å². The third-order valence-electron chi connectivity index (χ3n) is 3.92. The SMILES string of the molecule is COc1cc(F)ccc1C(=O)CN(C1=NCCCS1)c1ccc(Br)cc1. The van der Waals surface area contributed by atoms with Gasteiger partial charge in [-0.15, -0.1) is 0 Å². The van der Waals surface area contributed by atoms with Gasteiger partial charge in [0.1, 0.15) is 11.6 Å². The van der Waals surface area contributed by atoms with Crippen molar-refractivity contribution in [2.24, 2.45) is 4.99 Å². The standard InChI is InChI=1S/C19H18BrFN2O2S/c1-25-18-11-14(21)5-8-16(18)17(24)12-23(19-22-9-2-10-26-19)15-6-3-13(20)4-7-15/h3-8,11H,2,9-10,12H2,1H3. The second-order valence-electron chi connectivity index (χ2n) is 5.70. The highest BCUT2D eigenvalue weighted by atomic mass is 79.9. The van der Waals surface area contributed by atoms with Gasteiger partial charge in [0.25, 0.3) is 0 Å². The fourth-order valence-electron chi connectivity index (χ4n) is 2.63. The van der Waals surface area contributed by atoms with Gasteiger partial charge in [-0.2, -0.15) is 0 Å². The molecule has 0 radical (unpaired) electrons. The molecule has 0 spiro atoms. The Balaban J connectivity index is 1.91. The Morgan fingerprint density at radius 1 is 1.31 bits per heavy atom. The van der Waals surface area contributed by atoms with Gasteiger partial charge in [0, 0.05) is 28.5 Å². The number of ketones is 1. The molecule has 0 N–H and O–H groups in total. The molecule has 136 valence electrons. The quantitative estimate of drug-likeness (QED) is 0.632. The summed E-state index contributed by atoms with van der Waals surface area (Å²) in [6.45, 7) is 0.860. The zero-order valence-corrected chi connectivity index (χ0v) is 16.6. The first kappa shape index (κ1) is 18.9. The number of aliphatic imine (C=N–C) groups is 1. The van der Waals surface area contributed by atoms with Crippen molar-refractivity contribution in [2.75, 3.05) is 30.9 Å². The highest BCUT2D eigenvalue weighted by molar-refractivity contribution is 9.10. The van der Waals surface area contributed by atoms with Crippen LogP contribution >= 0.6 is 27.7 Å². The second kappa shape index (κ2) is 8.68. The molecule has 0 bridgehead atoms. The average Bonchev–Trinajstić information content (AvgIpc) is 2.67. The summed E-state index contributed by atoms with van der Waals surface area (Å²) in [7, 11) is 1.43. The maximum absolute atomic E-state index is 13.4. The Kier molecular flexibility index (Phi) is 6.32. The predicted molar refractivity (Wildman–Crippen MR) is 108 cm³/mol. The van der Waals surface area contributed by atoms with Crippen molar-refractivity contribution in [3.8, 4) is 5.75 Å².